The average Bonchev–Trinajstić information content (AvgIpc) is 2.98. The number of nitrogens with zero attached hydrogens (tertiary/aromatic N) is 4. The van der Waals surface area contributed by atoms with Gasteiger partial charge in [0.1, 0.15) is 5.52 Å². The molecule has 0 aliphatic carbocycles. The van der Waals surface area contributed by atoms with Crippen LogP contribution in [0.4, 0.5) is 5.82 Å². The van der Waals surface area contributed by atoms with Crippen molar-refractivity contribution in [1.82, 2.24) is 9.97 Å². The summed E-state index contributed by atoms with van der Waals surface area (Å²) < 4.78 is 0.740. The van der Waals surface area contributed by atoms with Crippen LogP contribution in [0.2, 0.25) is 5.02 Å². The molecule has 0 aliphatic rings. The molecule has 2 heterocycles. The molecule has 0 bridgehead atoms. The molecule has 0 saturated carbocycles. The Labute approximate surface area is 125 Å². The van der Waals surface area contributed by atoms with Gasteiger partial charge in [-0.25, -0.2) is 9.99 Å². The number of hydrazone groups is 1. The summed E-state index contributed by atoms with van der Waals surface area (Å²) >= 11 is 5.88. The van der Waals surface area contributed by atoms with Crippen LogP contribution in [0.25, 0.3) is 11.0 Å². The zero-order valence-electron chi connectivity index (χ0n) is 11.2. The molecule has 106 valence electrons. The zero-order valence-corrected chi connectivity index (χ0v) is 11.9. The number of nitrogens with one attached hydrogen (secondary N) is 1. The molecule has 0 fully saturated rings. The minimum atomic E-state index is 0.424. The molecule has 1 N–H and O–H groups in total. The third kappa shape index (κ3) is 2.80. The number of aromatic nitrogens is 3. The lowest BCUT2D eigenvalue weighted by atomic mass is 10.3. The average molecular weight is 302 g/mol. The number of hydrogen-bond acceptors (Lipinski definition) is 4. The van der Waals surface area contributed by atoms with Crippen molar-refractivity contribution in [1.29, 1.82) is 0 Å². The smallest absolute Gasteiger partial charge is 0.244 e. The Bertz CT molecular complexity index is 800. The molecule has 7 heteroatoms. The van der Waals surface area contributed by atoms with Gasteiger partial charge in [0.25, 0.3) is 0 Å². The maximum atomic E-state index is 12.0. The van der Waals surface area contributed by atoms with Gasteiger partial charge in [-0.1, -0.05) is 11.6 Å². The summed E-state index contributed by atoms with van der Waals surface area (Å²) in [5.74, 6) is 0.447. The number of fused-ring (bicyclic) bond motifs is 1. The highest BCUT2D eigenvalue weighted by atomic mass is 35.5. The standard InChI is InChI=1S/C14H12ClN5O/c1-19(17-8-11-3-2-6-16-11)14-9-20(21)13-7-10(15)4-5-12(13)18-14/h2-9,16H,1H3/b17-8+. The first-order chi connectivity index (χ1) is 10.1. The number of H-pyrrole nitrogens is 1. The van der Waals surface area contributed by atoms with E-state index in [1.54, 1.807) is 31.5 Å². The SMILES string of the molecule is CN(/N=C/c1ccc[nH]1)c1c[n+]([O-])c2cc(Cl)ccc2n1. The Morgan fingerprint density at radius 2 is 2.29 bits per heavy atom. The van der Waals surface area contributed by atoms with E-state index in [-0.39, 0.29) is 0 Å². The molecule has 1 aromatic carbocycles. The summed E-state index contributed by atoms with van der Waals surface area (Å²) in [4.78, 5) is 7.41. The van der Waals surface area contributed by atoms with Crippen LogP contribution >= 0.6 is 11.6 Å². The van der Waals surface area contributed by atoms with Gasteiger partial charge in [0, 0.05) is 24.3 Å². The van der Waals surface area contributed by atoms with Crippen LogP contribution in [0.15, 0.2) is 47.8 Å². The van der Waals surface area contributed by atoms with Crippen LogP contribution in [-0.4, -0.2) is 23.2 Å². The molecule has 0 unspecified atom stereocenters. The lowest BCUT2D eigenvalue weighted by molar-refractivity contribution is -0.576. The predicted molar refractivity (Wildman–Crippen MR) is 82.5 cm³/mol. The van der Waals surface area contributed by atoms with Crippen LogP contribution in [0.3, 0.4) is 0 Å². The Kier molecular flexibility index (Phi) is 3.45. The first-order valence-electron chi connectivity index (χ1n) is 6.24. The van der Waals surface area contributed by atoms with E-state index in [4.69, 9.17) is 11.6 Å². The number of benzene rings is 1. The molecule has 0 saturated heterocycles. The highest BCUT2D eigenvalue weighted by Crippen LogP contribution is 2.17. The fourth-order valence-corrected chi connectivity index (χ4v) is 2.05. The van der Waals surface area contributed by atoms with E-state index in [0.29, 0.717) is 21.9 Å². The van der Waals surface area contributed by atoms with Crippen molar-refractivity contribution >= 4 is 34.7 Å². The molecule has 0 spiro atoms. The molecular formula is C14H12ClN5O. The fraction of sp³-hybridized carbons (Fsp3) is 0.0714. The molecule has 0 atom stereocenters. The van der Waals surface area contributed by atoms with E-state index in [0.717, 1.165) is 10.4 Å². The second-order valence-electron chi connectivity index (χ2n) is 4.45. The Balaban J connectivity index is 1.95. The van der Waals surface area contributed by atoms with Crippen LogP contribution in [0.5, 0.6) is 0 Å². The molecule has 0 aliphatic heterocycles. The Morgan fingerprint density at radius 3 is 3.05 bits per heavy atom. The van der Waals surface area contributed by atoms with Crippen molar-refractivity contribution in [3.8, 4) is 0 Å². The number of aromatic amines is 1. The molecule has 21 heavy (non-hydrogen) atoms. The summed E-state index contributed by atoms with van der Waals surface area (Å²) in [6.07, 6.45) is 4.83. The quantitative estimate of drug-likeness (QED) is 0.349. The van der Waals surface area contributed by atoms with E-state index < -0.39 is 0 Å². The minimum absolute atomic E-state index is 0.424. The largest absolute Gasteiger partial charge is 0.618 e. The highest BCUT2D eigenvalue weighted by molar-refractivity contribution is 6.31. The second kappa shape index (κ2) is 5.41. The zero-order chi connectivity index (χ0) is 14.8. The van der Waals surface area contributed by atoms with Crippen molar-refractivity contribution in [2.45, 2.75) is 0 Å². The number of halogens is 1. The Hall–Kier alpha value is -2.60. The maximum absolute atomic E-state index is 12.0. The molecule has 2 aromatic heterocycles. The molecular weight excluding hydrogens is 290 g/mol. The van der Waals surface area contributed by atoms with Crippen LogP contribution in [-0.2, 0) is 0 Å². The van der Waals surface area contributed by atoms with Gasteiger partial charge in [-0.3, -0.25) is 0 Å². The molecule has 3 rings (SSSR count). The van der Waals surface area contributed by atoms with Crippen LogP contribution in [0, 0.1) is 5.21 Å². The van der Waals surface area contributed by atoms with E-state index in [2.05, 4.69) is 15.1 Å². The molecule has 6 nitrogen and oxygen atoms in total. The predicted octanol–water partition coefficient (Wildman–Crippen LogP) is 2.32. The van der Waals surface area contributed by atoms with E-state index in [1.807, 2.05) is 18.3 Å². The lowest BCUT2D eigenvalue weighted by Gasteiger charge is -2.11. The van der Waals surface area contributed by atoms with E-state index >= 15 is 0 Å². The summed E-state index contributed by atoms with van der Waals surface area (Å²) in [6, 6.07) is 8.76. The summed E-state index contributed by atoms with van der Waals surface area (Å²) in [5, 5.41) is 18.3. The number of rotatable bonds is 3. The fourth-order valence-electron chi connectivity index (χ4n) is 1.88. The van der Waals surface area contributed by atoms with Crippen molar-refractivity contribution < 1.29 is 4.73 Å². The Morgan fingerprint density at radius 1 is 1.43 bits per heavy atom. The first-order valence-corrected chi connectivity index (χ1v) is 6.62. The number of hydrogen-bond donors (Lipinski definition) is 1. The van der Waals surface area contributed by atoms with Gasteiger partial charge in [0.05, 0.1) is 11.9 Å². The minimum Gasteiger partial charge on any atom is -0.618 e. The van der Waals surface area contributed by atoms with Gasteiger partial charge in [0.2, 0.25) is 17.5 Å². The van der Waals surface area contributed by atoms with Crippen molar-refractivity contribution in [3.63, 3.8) is 0 Å². The van der Waals surface area contributed by atoms with Gasteiger partial charge < -0.3 is 10.2 Å². The third-order valence-corrected chi connectivity index (χ3v) is 3.20. The topological polar surface area (TPSA) is 71.2 Å². The normalized spacial score (nSPS) is 11.3. The van der Waals surface area contributed by atoms with Gasteiger partial charge in [0.15, 0.2) is 0 Å². The molecule has 0 amide bonds. The van der Waals surface area contributed by atoms with Gasteiger partial charge in [-0.2, -0.15) is 9.83 Å². The van der Waals surface area contributed by atoms with Crippen LogP contribution < -0.4 is 9.74 Å². The third-order valence-electron chi connectivity index (χ3n) is 2.97. The first kappa shape index (κ1) is 13.4. The van der Waals surface area contributed by atoms with Gasteiger partial charge in [-0.05, 0) is 24.3 Å². The van der Waals surface area contributed by atoms with Crippen molar-refractivity contribution in [2.24, 2.45) is 5.10 Å². The van der Waals surface area contributed by atoms with E-state index in [9.17, 15) is 5.21 Å². The van der Waals surface area contributed by atoms with Crippen molar-refractivity contribution in [2.75, 3.05) is 12.1 Å². The van der Waals surface area contributed by atoms with Crippen molar-refractivity contribution in [3.05, 3.63) is 58.6 Å². The van der Waals surface area contributed by atoms with Gasteiger partial charge in [-0.15, -0.1) is 0 Å². The highest BCUT2D eigenvalue weighted by Gasteiger charge is 2.11. The van der Waals surface area contributed by atoms with Crippen LogP contribution in [0.1, 0.15) is 5.69 Å². The summed E-state index contributed by atoms with van der Waals surface area (Å²) in [6.45, 7) is 0. The van der Waals surface area contributed by atoms with E-state index in [1.165, 1.54) is 11.2 Å². The maximum Gasteiger partial charge on any atom is 0.244 e. The summed E-state index contributed by atoms with van der Waals surface area (Å²) in [7, 11) is 1.73. The van der Waals surface area contributed by atoms with Gasteiger partial charge >= 0.3 is 0 Å². The monoisotopic (exact) mass is 301 g/mol. The molecule has 3 aromatic rings. The second-order valence-corrected chi connectivity index (χ2v) is 4.89. The lowest BCUT2D eigenvalue weighted by Crippen LogP contribution is -2.29. The summed E-state index contributed by atoms with van der Waals surface area (Å²) in [5.41, 5.74) is 1.85. The number of anilines is 1. The molecule has 0 radical (unpaired) electrons.